The third kappa shape index (κ3) is 3.46. The molecule has 1 amide bonds. The minimum absolute atomic E-state index is 0.0239. The second-order valence-electron chi connectivity index (χ2n) is 4.88. The molecule has 1 aromatic heterocycles. The molecule has 1 aliphatic rings. The fourth-order valence-electron chi connectivity index (χ4n) is 2.46. The molecule has 2 atom stereocenters. The summed E-state index contributed by atoms with van der Waals surface area (Å²) in [4.78, 5) is 15.2. The Kier molecular flexibility index (Phi) is 4.25. The van der Waals surface area contributed by atoms with Crippen LogP contribution in [0.3, 0.4) is 0 Å². The maximum atomic E-state index is 12.9. The second kappa shape index (κ2) is 5.76. The molecule has 0 bridgehead atoms. The van der Waals surface area contributed by atoms with E-state index in [-0.39, 0.29) is 12.0 Å². The Labute approximate surface area is 113 Å². The van der Waals surface area contributed by atoms with Crippen LogP contribution in [0.5, 0.6) is 0 Å². The van der Waals surface area contributed by atoms with Gasteiger partial charge in [-0.05, 0) is 25.0 Å². The van der Waals surface area contributed by atoms with Gasteiger partial charge in [0.2, 0.25) is 5.95 Å². The van der Waals surface area contributed by atoms with Gasteiger partial charge in [0.1, 0.15) is 0 Å². The maximum absolute atomic E-state index is 12.9. The van der Waals surface area contributed by atoms with Crippen molar-refractivity contribution in [1.29, 1.82) is 0 Å². The van der Waals surface area contributed by atoms with Gasteiger partial charge in [-0.15, -0.1) is 0 Å². The van der Waals surface area contributed by atoms with E-state index in [0.29, 0.717) is 19.3 Å². The number of carbonyl (C=O) groups is 1. The van der Waals surface area contributed by atoms with Gasteiger partial charge in [-0.1, -0.05) is 12.8 Å². The van der Waals surface area contributed by atoms with Gasteiger partial charge in [0, 0.05) is 12.2 Å². The van der Waals surface area contributed by atoms with E-state index in [4.69, 9.17) is 0 Å². The summed E-state index contributed by atoms with van der Waals surface area (Å²) in [5.74, 6) is -2.92. The Morgan fingerprint density at radius 3 is 2.55 bits per heavy atom. The van der Waals surface area contributed by atoms with Crippen molar-refractivity contribution in [3.05, 3.63) is 29.8 Å². The molecule has 20 heavy (non-hydrogen) atoms. The van der Waals surface area contributed by atoms with Crippen molar-refractivity contribution in [3.63, 3.8) is 0 Å². The van der Waals surface area contributed by atoms with Crippen LogP contribution in [-0.2, 0) is 0 Å². The van der Waals surface area contributed by atoms with Crippen molar-refractivity contribution in [1.82, 2.24) is 10.3 Å². The van der Waals surface area contributed by atoms with Crippen molar-refractivity contribution in [3.8, 4) is 0 Å². The normalized spacial score (nSPS) is 23.4. The molecule has 0 aliphatic heterocycles. The Hall–Kier alpha value is -1.66. The molecule has 1 saturated carbocycles. The molecule has 3 nitrogen and oxygen atoms in total. The van der Waals surface area contributed by atoms with Crippen LogP contribution in [0.1, 0.15) is 36.0 Å². The van der Waals surface area contributed by atoms with Gasteiger partial charge in [-0.25, -0.2) is 4.98 Å². The first-order valence-corrected chi connectivity index (χ1v) is 6.37. The summed E-state index contributed by atoms with van der Waals surface area (Å²) in [6, 6.07) is 1.27. The number of amides is 1. The topological polar surface area (TPSA) is 42.0 Å². The zero-order chi connectivity index (χ0) is 14.8. The zero-order valence-corrected chi connectivity index (χ0v) is 10.6. The molecule has 0 aromatic carbocycles. The van der Waals surface area contributed by atoms with E-state index < -0.39 is 30.0 Å². The third-order valence-electron chi connectivity index (χ3n) is 3.49. The Balaban J connectivity index is 2.07. The van der Waals surface area contributed by atoms with E-state index in [9.17, 15) is 22.4 Å². The molecular weight excluding hydrogens is 276 g/mol. The van der Waals surface area contributed by atoms with Gasteiger partial charge in [0.05, 0.1) is 11.5 Å². The van der Waals surface area contributed by atoms with Gasteiger partial charge in [-0.3, -0.25) is 4.79 Å². The summed E-state index contributed by atoms with van der Waals surface area (Å²) in [5.41, 5.74) is 0.0536. The van der Waals surface area contributed by atoms with Crippen molar-refractivity contribution in [2.24, 2.45) is 5.92 Å². The molecule has 1 N–H and O–H groups in total. The van der Waals surface area contributed by atoms with Crippen LogP contribution in [0.4, 0.5) is 17.6 Å². The number of hydrogen-bond acceptors (Lipinski definition) is 2. The number of rotatable bonds is 2. The molecule has 1 aliphatic carbocycles. The number of aromatic nitrogens is 1. The fraction of sp³-hybridized carbons (Fsp3) is 0.538. The summed E-state index contributed by atoms with van der Waals surface area (Å²) in [7, 11) is 0. The largest absolute Gasteiger partial charge is 0.393 e. The quantitative estimate of drug-likeness (QED) is 0.672. The fourth-order valence-corrected chi connectivity index (χ4v) is 2.46. The van der Waals surface area contributed by atoms with E-state index >= 15 is 0 Å². The monoisotopic (exact) mass is 290 g/mol. The number of hydrogen-bond donors (Lipinski definition) is 1. The summed E-state index contributed by atoms with van der Waals surface area (Å²) < 4.78 is 51.3. The highest BCUT2D eigenvalue weighted by Crippen LogP contribution is 2.37. The highest BCUT2D eigenvalue weighted by atomic mass is 19.4. The molecular formula is C13H14F4N2O. The van der Waals surface area contributed by atoms with Gasteiger partial charge < -0.3 is 5.32 Å². The molecule has 2 rings (SSSR count). The highest BCUT2D eigenvalue weighted by Gasteiger charge is 2.45. The van der Waals surface area contributed by atoms with Crippen LogP contribution in [0.25, 0.3) is 0 Å². The van der Waals surface area contributed by atoms with Gasteiger partial charge >= 0.3 is 6.18 Å². The number of pyridine rings is 1. The SMILES string of the molecule is O=C(NC1CCCCC1C(F)(F)F)c1ccc(F)nc1. The number of nitrogens with zero attached hydrogens (tertiary/aromatic N) is 1. The lowest BCUT2D eigenvalue weighted by Crippen LogP contribution is -2.47. The average molecular weight is 290 g/mol. The van der Waals surface area contributed by atoms with Crippen molar-refractivity contribution >= 4 is 5.91 Å². The van der Waals surface area contributed by atoms with Crippen LogP contribution >= 0.6 is 0 Å². The van der Waals surface area contributed by atoms with Gasteiger partial charge in [0.15, 0.2) is 0 Å². The van der Waals surface area contributed by atoms with Crippen LogP contribution < -0.4 is 5.32 Å². The lowest BCUT2D eigenvalue weighted by atomic mass is 9.84. The molecule has 7 heteroatoms. The molecule has 1 aromatic rings. The van der Waals surface area contributed by atoms with Crippen LogP contribution in [0.2, 0.25) is 0 Å². The molecule has 0 saturated heterocycles. The first-order valence-electron chi connectivity index (χ1n) is 6.37. The number of alkyl halides is 3. The van der Waals surface area contributed by atoms with E-state index in [2.05, 4.69) is 10.3 Å². The molecule has 1 heterocycles. The number of halogens is 4. The first kappa shape index (κ1) is 14.7. The minimum Gasteiger partial charge on any atom is -0.349 e. The molecule has 0 radical (unpaired) electrons. The Bertz CT molecular complexity index is 472. The van der Waals surface area contributed by atoms with E-state index in [0.717, 1.165) is 12.3 Å². The third-order valence-corrected chi connectivity index (χ3v) is 3.49. The van der Waals surface area contributed by atoms with E-state index in [1.54, 1.807) is 0 Å². The Morgan fingerprint density at radius 1 is 1.25 bits per heavy atom. The van der Waals surface area contributed by atoms with Crippen molar-refractivity contribution in [2.45, 2.75) is 37.9 Å². The summed E-state index contributed by atoms with van der Waals surface area (Å²) >= 11 is 0. The molecule has 110 valence electrons. The number of nitrogens with one attached hydrogen (secondary N) is 1. The van der Waals surface area contributed by atoms with Gasteiger partial charge in [-0.2, -0.15) is 17.6 Å². The predicted molar refractivity (Wildman–Crippen MR) is 63.5 cm³/mol. The van der Waals surface area contributed by atoms with E-state index in [1.165, 1.54) is 6.07 Å². The predicted octanol–water partition coefficient (Wildman–Crippen LogP) is 3.07. The van der Waals surface area contributed by atoms with Crippen LogP contribution in [0.15, 0.2) is 18.3 Å². The van der Waals surface area contributed by atoms with Gasteiger partial charge in [0.25, 0.3) is 5.91 Å². The molecule has 0 spiro atoms. The maximum Gasteiger partial charge on any atom is 0.393 e. The smallest absolute Gasteiger partial charge is 0.349 e. The minimum atomic E-state index is -4.32. The number of carbonyl (C=O) groups excluding carboxylic acids is 1. The average Bonchev–Trinajstić information content (AvgIpc) is 2.38. The van der Waals surface area contributed by atoms with Crippen molar-refractivity contribution < 1.29 is 22.4 Å². The first-order chi connectivity index (χ1) is 9.38. The van der Waals surface area contributed by atoms with Crippen LogP contribution in [0, 0.1) is 11.9 Å². The highest BCUT2D eigenvalue weighted by molar-refractivity contribution is 5.94. The lowest BCUT2D eigenvalue weighted by Gasteiger charge is -2.33. The second-order valence-corrected chi connectivity index (χ2v) is 4.88. The summed E-state index contributed by atoms with van der Waals surface area (Å²) in [5, 5.41) is 2.39. The summed E-state index contributed by atoms with van der Waals surface area (Å²) in [6.45, 7) is 0. The lowest BCUT2D eigenvalue weighted by molar-refractivity contribution is -0.187. The zero-order valence-electron chi connectivity index (χ0n) is 10.6. The summed E-state index contributed by atoms with van der Waals surface area (Å²) in [6.07, 6.45) is -1.83. The standard InChI is InChI=1S/C13H14F4N2O/c14-11-6-5-8(7-18-11)12(20)19-10-4-2-1-3-9(10)13(15,16)17/h5-7,9-10H,1-4H2,(H,19,20). The van der Waals surface area contributed by atoms with E-state index in [1.807, 2.05) is 0 Å². The molecule has 1 fully saturated rings. The van der Waals surface area contributed by atoms with Crippen molar-refractivity contribution in [2.75, 3.05) is 0 Å². The van der Waals surface area contributed by atoms with Crippen LogP contribution in [-0.4, -0.2) is 23.1 Å². The Morgan fingerprint density at radius 2 is 1.95 bits per heavy atom. The molecule has 2 unspecified atom stereocenters.